The van der Waals surface area contributed by atoms with Crippen LogP contribution in [0.2, 0.25) is 0 Å². The second-order valence-corrected chi connectivity index (χ2v) is 10.3. The van der Waals surface area contributed by atoms with Gasteiger partial charge in [-0.2, -0.15) is 0 Å². The lowest BCUT2D eigenvalue weighted by Gasteiger charge is -2.27. The summed E-state index contributed by atoms with van der Waals surface area (Å²) >= 11 is 1.47. The Balaban J connectivity index is 1.13. The number of aryl methyl sites for hydroxylation is 1. The molecule has 3 heterocycles. The summed E-state index contributed by atoms with van der Waals surface area (Å²) in [7, 11) is 0. The van der Waals surface area contributed by atoms with Crippen LogP contribution in [0.5, 0.6) is 11.5 Å². The van der Waals surface area contributed by atoms with Gasteiger partial charge in [0.15, 0.2) is 16.6 Å². The number of nitrogens with one attached hydrogen (secondary N) is 1. The number of fused-ring (bicyclic) bond motifs is 2. The van der Waals surface area contributed by atoms with Crippen molar-refractivity contribution in [1.82, 2.24) is 9.88 Å². The second kappa shape index (κ2) is 9.28. The van der Waals surface area contributed by atoms with Gasteiger partial charge in [-0.1, -0.05) is 42.5 Å². The Kier molecular flexibility index (Phi) is 5.81. The molecule has 1 fully saturated rings. The number of aromatic nitrogens is 1. The summed E-state index contributed by atoms with van der Waals surface area (Å²) in [5.74, 6) is 1.56. The molecule has 182 valence electrons. The number of nitrogens with zero attached hydrogens (tertiary/aromatic N) is 2. The van der Waals surface area contributed by atoms with E-state index < -0.39 is 0 Å². The highest BCUT2D eigenvalue weighted by Gasteiger charge is 2.36. The van der Waals surface area contributed by atoms with Gasteiger partial charge >= 0.3 is 0 Å². The highest BCUT2D eigenvalue weighted by Crippen LogP contribution is 2.37. The molecule has 36 heavy (non-hydrogen) atoms. The second-order valence-electron chi connectivity index (χ2n) is 9.13. The van der Waals surface area contributed by atoms with Crippen molar-refractivity contribution in [2.45, 2.75) is 25.8 Å². The number of amides is 2. The molecule has 3 aliphatic rings. The van der Waals surface area contributed by atoms with Crippen LogP contribution in [-0.4, -0.2) is 41.1 Å². The summed E-state index contributed by atoms with van der Waals surface area (Å²) in [6.45, 7) is 2.95. The van der Waals surface area contributed by atoms with E-state index in [0.29, 0.717) is 16.6 Å². The fraction of sp³-hybridized carbons (Fsp3) is 0.250. The molecule has 8 heteroatoms. The topological polar surface area (TPSA) is 80.8 Å². The van der Waals surface area contributed by atoms with Gasteiger partial charge in [0.25, 0.3) is 5.91 Å². The summed E-state index contributed by atoms with van der Waals surface area (Å²) in [5.41, 5.74) is 3.49. The molecule has 0 spiro atoms. The number of allylic oxidation sites excluding steroid dienone is 2. The van der Waals surface area contributed by atoms with E-state index >= 15 is 0 Å². The van der Waals surface area contributed by atoms with E-state index in [2.05, 4.69) is 23.5 Å². The van der Waals surface area contributed by atoms with Crippen LogP contribution in [0.15, 0.2) is 66.8 Å². The van der Waals surface area contributed by atoms with Gasteiger partial charge in [0.05, 0.1) is 18.2 Å². The number of benzene rings is 2. The van der Waals surface area contributed by atoms with Crippen LogP contribution >= 0.6 is 11.3 Å². The smallest absolute Gasteiger partial charge is 0.254 e. The SMILES string of the molecule is Cc1sc(NC(=O)Cc2ccc3c(c2)OCO3)nc1C1=CC2CCN(C(=O)c3ccccc3)C2C=C1. The maximum absolute atomic E-state index is 13.0. The van der Waals surface area contributed by atoms with Crippen LogP contribution < -0.4 is 14.8 Å². The average Bonchev–Trinajstić information content (AvgIpc) is 3.61. The Bertz CT molecular complexity index is 1400. The van der Waals surface area contributed by atoms with Crippen molar-refractivity contribution in [2.24, 2.45) is 5.92 Å². The van der Waals surface area contributed by atoms with Gasteiger partial charge < -0.3 is 19.7 Å². The Hall–Kier alpha value is -3.91. The zero-order chi connectivity index (χ0) is 24.6. The predicted molar refractivity (Wildman–Crippen MR) is 138 cm³/mol. The first kappa shape index (κ1) is 22.5. The standard InChI is InChI=1S/C28H25N3O4S/c1-17-26(30-28(36-17)29-25(32)14-18-7-10-23-24(13-18)35-16-34-23)21-8-9-22-20(15-21)11-12-31(22)27(33)19-5-3-2-4-6-19/h2-10,13,15,20,22H,11-12,14,16H2,1H3,(H,29,30,32). The summed E-state index contributed by atoms with van der Waals surface area (Å²) in [6.07, 6.45) is 7.54. The Morgan fingerprint density at radius 3 is 2.83 bits per heavy atom. The van der Waals surface area contributed by atoms with Gasteiger partial charge in [-0.15, -0.1) is 11.3 Å². The normalized spacial score (nSPS) is 19.7. The zero-order valence-corrected chi connectivity index (χ0v) is 20.6. The molecule has 1 saturated heterocycles. The number of ether oxygens (including phenoxy) is 2. The molecule has 1 aromatic heterocycles. The van der Waals surface area contributed by atoms with Gasteiger partial charge in [-0.3, -0.25) is 9.59 Å². The molecule has 7 nitrogen and oxygen atoms in total. The molecule has 6 rings (SSSR count). The molecule has 0 radical (unpaired) electrons. The molecular weight excluding hydrogens is 474 g/mol. The van der Waals surface area contributed by atoms with E-state index in [-0.39, 0.29) is 37.0 Å². The van der Waals surface area contributed by atoms with Crippen LogP contribution in [0, 0.1) is 12.8 Å². The molecule has 2 aliphatic heterocycles. The number of carbonyl (C=O) groups is 2. The van der Waals surface area contributed by atoms with Crippen molar-refractivity contribution in [1.29, 1.82) is 0 Å². The molecule has 0 saturated carbocycles. The number of hydrogen-bond donors (Lipinski definition) is 1. The lowest BCUT2D eigenvalue weighted by atomic mass is 9.90. The van der Waals surface area contributed by atoms with E-state index in [1.807, 2.05) is 60.4 Å². The molecule has 1 N–H and O–H groups in total. The van der Waals surface area contributed by atoms with Gasteiger partial charge in [-0.05, 0) is 48.7 Å². The van der Waals surface area contributed by atoms with Crippen LogP contribution in [0.25, 0.3) is 5.57 Å². The minimum atomic E-state index is -0.131. The summed E-state index contributed by atoms with van der Waals surface area (Å²) in [5, 5.41) is 3.52. The fourth-order valence-electron chi connectivity index (χ4n) is 5.01. The van der Waals surface area contributed by atoms with E-state index in [1.165, 1.54) is 11.3 Å². The monoisotopic (exact) mass is 499 g/mol. The molecule has 3 aromatic rings. The van der Waals surface area contributed by atoms with Gasteiger partial charge in [0.2, 0.25) is 12.7 Å². The average molecular weight is 500 g/mol. The Morgan fingerprint density at radius 1 is 1.14 bits per heavy atom. The third-order valence-electron chi connectivity index (χ3n) is 6.77. The molecular formula is C28H25N3O4S. The molecule has 2 aromatic carbocycles. The fourth-order valence-corrected chi connectivity index (χ4v) is 5.87. The van der Waals surface area contributed by atoms with Crippen molar-refractivity contribution in [3.05, 3.63) is 88.5 Å². The highest BCUT2D eigenvalue weighted by molar-refractivity contribution is 7.15. The Labute approximate surface area is 213 Å². The largest absolute Gasteiger partial charge is 0.454 e. The summed E-state index contributed by atoms with van der Waals surface area (Å²) < 4.78 is 10.7. The maximum Gasteiger partial charge on any atom is 0.254 e. The maximum atomic E-state index is 13.0. The number of anilines is 1. The van der Waals surface area contributed by atoms with Crippen molar-refractivity contribution in [3.8, 4) is 11.5 Å². The van der Waals surface area contributed by atoms with Crippen LogP contribution in [0.4, 0.5) is 5.13 Å². The number of thiazole rings is 1. The first-order valence-electron chi connectivity index (χ1n) is 12.0. The minimum Gasteiger partial charge on any atom is -0.454 e. The molecule has 1 aliphatic carbocycles. The summed E-state index contributed by atoms with van der Waals surface area (Å²) in [4.78, 5) is 33.4. The highest BCUT2D eigenvalue weighted by atomic mass is 32.1. The first-order chi connectivity index (χ1) is 17.5. The van der Waals surface area contributed by atoms with Crippen LogP contribution in [0.3, 0.4) is 0 Å². The van der Waals surface area contributed by atoms with E-state index in [1.54, 1.807) is 0 Å². The van der Waals surface area contributed by atoms with Crippen LogP contribution in [0.1, 0.15) is 32.9 Å². The Morgan fingerprint density at radius 2 is 1.97 bits per heavy atom. The lowest BCUT2D eigenvalue weighted by molar-refractivity contribution is -0.115. The van der Waals surface area contributed by atoms with E-state index in [9.17, 15) is 9.59 Å². The van der Waals surface area contributed by atoms with Crippen molar-refractivity contribution in [3.63, 3.8) is 0 Å². The quantitative estimate of drug-likeness (QED) is 0.543. The third-order valence-corrected chi connectivity index (χ3v) is 7.65. The van der Waals surface area contributed by atoms with Crippen molar-refractivity contribution < 1.29 is 19.1 Å². The zero-order valence-electron chi connectivity index (χ0n) is 19.8. The number of hydrogen-bond acceptors (Lipinski definition) is 6. The number of carbonyl (C=O) groups excluding carboxylic acids is 2. The number of rotatable bonds is 5. The van der Waals surface area contributed by atoms with Gasteiger partial charge in [0, 0.05) is 22.9 Å². The van der Waals surface area contributed by atoms with Gasteiger partial charge in [-0.25, -0.2) is 4.98 Å². The lowest BCUT2D eigenvalue weighted by Crippen LogP contribution is -2.37. The molecule has 2 unspecified atom stereocenters. The van der Waals surface area contributed by atoms with Gasteiger partial charge in [0.1, 0.15) is 0 Å². The van der Waals surface area contributed by atoms with E-state index in [4.69, 9.17) is 14.5 Å². The van der Waals surface area contributed by atoms with E-state index in [0.717, 1.165) is 40.2 Å². The number of likely N-dealkylation sites (tertiary alicyclic amines) is 1. The third kappa shape index (κ3) is 4.28. The minimum absolute atomic E-state index is 0.0567. The molecule has 2 atom stereocenters. The summed E-state index contributed by atoms with van der Waals surface area (Å²) in [6, 6.07) is 15.0. The first-order valence-corrected chi connectivity index (χ1v) is 12.8. The van der Waals surface area contributed by atoms with Crippen molar-refractivity contribution >= 4 is 33.9 Å². The molecule has 2 amide bonds. The predicted octanol–water partition coefficient (Wildman–Crippen LogP) is 4.85. The molecule has 0 bridgehead atoms. The van der Waals surface area contributed by atoms with Crippen molar-refractivity contribution in [2.75, 3.05) is 18.7 Å². The van der Waals surface area contributed by atoms with Crippen LogP contribution in [-0.2, 0) is 11.2 Å².